The van der Waals surface area contributed by atoms with E-state index in [-0.39, 0.29) is 5.91 Å². The minimum Gasteiger partial charge on any atom is -0.379 e. The smallest absolute Gasteiger partial charge is 0.280 e. The summed E-state index contributed by atoms with van der Waals surface area (Å²) in [7, 11) is 1.84. The number of nitrogens with zero attached hydrogens (tertiary/aromatic N) is 5. The minimum atomic E-state index is -0.0801. The highest BCUT2D eigenvalue weighted by atomic mass is 32.1. The molecule has 3 heterocycles. The number of carbonyl (C=O) groups is 1. The molecule has 3 aromatic rings. The molecule has 0 aliphatic carbocycles. The van der Waals surface area contributed by atoms with E-state index in [2.05, 4.69) is 36.0 Å². The minimum absolute atomic E-state index is 0.0801. The Morgan fingerprint density at radius 3 is 2.67 bits per heavy atom. The molecule has 1 aliphatic rings. The van der Waals surface area contributed by atoms with Crippen molar-refractivity contribution in [1.82, 2.24) is 19.7 Å². The lowest BCUT2D eigenvalue weighted by Gasteiger charge is -2.27. The van der Waals surface area contributed by atoms with Crippen LogP contribution in [-0.4, -0.2) is 65.0 Å². The summed E-state index contributed by atoms with van der Waals surface area (Å²) in [4.78, 5) is 22.6. The van der Waals surface area contributed by atoms with Crippen LogP contribution in [0.25, 0.3) is 10.2 Å². The van der Waals surface area contributed by atoms with Gasteiger partial charge in [0.05, 0.1) is 23.4 Å². The second-order valence-corrected chi connectivity index (χ2v) is 8.96. The molecule has 1 saturated heterocycles. The number of rotatable bonds is 6. The van der Waals surface area contributed by atoms with Crippen LogP contribution in [0, 0.1) is 20.8 Å². The van der Waals surface area contributed by atoms with Crippen molar-refractivity contribution in [2.45, 2.75) is 27.2 Å². The molecule has 8 heteroatoms. The Kier molecular flexibility index (Phi) is 6.17. The normalized spacial score (nSPS) is 15.1. The number of fused-ring (bicyclic) bond motifs is 1. The molecule has 1 aliphatic heterocycles. The van der Waals surface area contributed by atoms with Crippen LogP contribution in [0.2, 0.25) is 0 Å². The van der Waals surface area contributed by atoms with Gasteiger partial charge < -0.3 is 4.74 Å². The zero-order valence-electron chi connectivity index (χ0n) is 18.1. The van der Waals surface area contributed by atoms with E-state index in [4.69, 9.17) is 9.72 Å². The average molecular weight is 428 g/mol. The van der Waals surface area contributed by atoms with E-state index in [1.807, 2.05) is 25.1 Å². The van der Waals surface area contributed by atoms with Gasteiger partial charge in [-0.05, 0) is 44.4 Å². The molecule has 0 bridgehead atoms. The second-order valence-electron chi connectivity index (χ2n) is 7.95. The van der Waals surface area contributed by atoms with Gasteiger partial charge >= 0.3 is 0 Å². The van der Waals surface area contributed by atoms with Crippen LogP contribution in [0.3, 0.4) is 0 Å². The predicted molar refractivity (Wildman–Crippen MR) is 121 cm³/mol. The first-order chi connectivity index (χ1) is 14.4. The SMILES string of the molecule is Cc1cn(C)nc1C(=O)N(CCCN1CCOCC1)c1nc2c(C)c(C)ccc2s1. The predicted octanol–water partition coefficient (Wildman–Crippen LogP) is 3.32. The molecule has 30 heavy (non-hydrogen) atoms. The summed E-state index contributed by atoms with van der Waals surface area (Å²) < 4.78 is 8.24. The van der Waals surface area contributed by atoms with Crippen molar-refractivity contribution in [3.8, 4) is 0 Å². The maximum Gasteiger partial charge on any atom is 0.280 e. The van der Waals surface area contributed by atoms with E-state index < -0.39 is 0 Å². The Morgan fingerprint density at radius 1 is 1.20 bits per heavy atom. The lowest BCUT2D eigenvalue weighted by Crippen LogP contribution is -2.39. The fraction of sp³-hybridized carbons (Fsp3) is 0.500. The fourth-order valence-corrected chi connectivity index (χ4v) is 4.89. The second kappa shape index (κ2) is 8.83. The molecule has 160 valence electrons. The first-order valence-corrected chi connectivity index (χ1v) is 11.2. The number of benzene rings is 1. The quantitative estimate of drug-likeness (QED) is 0.604. The van der Waals surface area contributed by atoms with Gasteiger partial charge in [0, 0.05) is 45.0 Å². The summed E-state index contributed by atoms with van der Waals surface area (Å²) in [6.07, 6.45) is 2.76. The van der Waals surface area contributed by atoms with E-state index in [9.17, 15) is 4.79 Å². The number of amides is 1. The Morgan fingerprint density at radius 2 is 1.97 bits per heavy atom. The van der Waals surface area contributed by atoms with Gasteiger partial charge in [0.25, 0.3) is 5.91 Å². The Bertz CT molecular complexity index is 1050. The number of morpholine rings is 1. The van der Waals surface area contributed by atoms with Gasteiger partial charge in [0.2, 0.25) is 0 Å². The Hall–Kier alpha value is -2.29. The van der Waals surface area contributed by atoms with E-state index >= 15 is 0 Å². The zero-order valence-corrected chi connectivity index (χ0v) is 19.0. The molecule has 0 N–H and O–H groups in total. The highest BCUT2D eigenvalue weighted by Crippen LogP contribution is 2.32. The number of thiazole rings is 1. The van der Waals surface area contributed by atoms with Gasteiger partial charge in [-0.2, -0.15) is 5.10 Å². The van der Waals surface area contributed by atoms with E-state index in [0.717, 1.165) is 60.2 Å². The maximum atomic E-state index is 13.5. The molecule has 7 nitrogen and oxygen atoms in total. The summed E-state index contributed by atoms with van der Waals surface area (Å²) in [5, 5.41) is 5.16. The first kappa shape index (κ1) is 21.0. The van der Waals surface area contributed by atoms with Crippen molar-refractivity contribution in [3.05, 3.63) is 40.7 Å². The van der Waals surface area contributed by atoms with Crippen molar-refractivity contribution in [3.63, 3.8) is 0 Å². The number of aromatic nitrogens is 3. The molecule has 2 aromatic heterocycles. The van der Waals surface area contributed by atoms with Crippen LogP contribution >= 0.6 is 11.3 Å². The van der Waals surface area contributed by atoms with E-state index in [1.54, 1.807) is 16.0 Å². The van der Waals surface area contributed by atoms with Crippen molar-refractivity contribution in [1.29, 1.82) is 0 Å². The zero-order chi connectivity index (χ0) is 21.3. The largest absolute Gasteiger partial charge is 0.379 e. The van der Waals surface area contributed by atoms with Gasteiger partial charge in [0.15, 0.2) is 10.8 Å². The number of hydrogen-bond acceptors (Lipinski definition) is 6. The third kappa shape index (κ3) is 4.26. The van der Waals surface area contributed by atoms with E-state index in [1.165, 1.54) is 11.1 Å². The average Bonchev–Trinajstić information content (AvgIpc) is 3.31. The lowest BCUT2D eigenvalue weighted by molar-refractivity contribution is 0.0376. The molecular weight excluding hydrogens is 398 g/mol. The number of ether oxygens (including phenoxy) is 1. The van der Waals surface area contributed by atoms with Crippen LogP contribution in [-0.2, 0) is 11.8 Å². The molecular formula is C22H29N5O2S. The lowest BCUT2D eigenvalue weighted by atomic mass is 10.1. The number of carbonyl (C=O) groups excluding carboxylic acids is 1. The third-order valence-corrected chi connectivity index (χ3v) is 6.77. The van der Waals surface area contributed by atoms with Gasteiger partial charge in [-0.15, -0.1) is 0 Å². The summed E-state index contributed by atoms with van der Waals surface area (Å²) in [6.45, 7) is 11.1. The molecule has 0 atom stereocenters. The molecule has 0 spiro atoms. The first-order valence-electron chi connectivity index (χ1n) is 10.4. The monoisotopic (exact) mass is 427 g/mol. The van der Waals surface area contributed by atoms with Crippen molar-refractivity contribution in [2.75, 3.05) is 44.3 Å². The summed E-state index contributed by atoms with van der Waals surface area (Å²) in [5.41, 5.74) is 4.75. The van der Waals surface area contributed by atoms with Crippen LogP contribution in [0.5, 0.6) is 0 Å². The molecule has 4 rings (SSSR count). The van der Waals surface area contributed by atoms with Crippen LogP contribution < -0.4 is 4.90 Å². The molecule has 1 amide bonds. The highest BCUT2D eigenvalue weighted by Gasteiger charge is 2.25. The third-order valence-electron chi connectivity index (χ3n) is 5.72. The van der Waals surface area contributed by atoms with Crippen LogP contribution in [0.1, 0.15) is 33.6 Å². The molecule has 1 fully saturated rings. The molecule has 1 aromatic carbocycles. The Balaban J connectivity index is 1.61. The fourth-order valence-electron chi connectivity index (χ4n) is 3.84. The number of anilines is 1. The standard InChI is InChI=1S/C22H29N5O2S/c1-15-6-7-18-20(17(15)3)23-22(30-18)27(9-5-8-26-10-12-29-13-11-26)21(28)19-16(2)14-25(4)24-19/h6-7,14H,5,8-13H2,1-4H3. The van der Waals surface area contributed by atoms with Crippen LogP contribution in [0.4, 0.5) is 5.13 Å². The van der Waals surface area contributed by atoms with Crippen molar-refractivity contribution in [2.24, 2.45) is 7.05 Å². The van der Waals surface area contributed by atoms with Gasteiger partial charge in [0.1, 0.15) is 0 Å². The topological polar surface area (TPSA) is 63.5 Å². The number of hydrogen-bond donors (Lipinski definition) is 0. The molecule has 0 radical (unpaired) electrons. The van der Waals surface area contributed by atoms with Gasteiger partial charge in [-0.3, -0.25) is 19.3 Å². The number of aryl methyl sites for hydroxylation is 4. The Labute approximate surface area is 181 Å². The molecule has 0 saturated carbocycles. The van der Waals surface area contributed by atoms with Crippen molar-refractivity contribution < 1.29 is 9.53 Å². The van der Waals surface area contributed by atoms with Crippen molar-refractivity contribution >= 4 is 32.6 Å². The molecule has 0 unspecified atom stereocenters. The van der Waals surface area contributed by atoms with Gasteiger partial charge in [-0.25, -0.2) is 4.98 Å². The summed E-state index contributed by atoms with van der Waals surface area (Å²) in [5.74, 6) is -0.0801. The maximum absolute atomic E-state index is 13.5. The summed E-state index contributed by atoms with van der Waals surface area (Å²) in [6, 6.07) is 4.22. The van der Waals surface area contributed by atoms with Crippen LogP contribution in [0.15, 0.2) is 18.3 Å². The van der Waals surface area contributed by atoms with E-state index in [0.29, 0.717) is 12.2 Å². The summed E-state index contributed by atoms with van der Waals surface area (Å²) >= 11 is 1.58. The highest BCUT2D eigenvalue weighted by molar-refractivity contribution is 7.22. The van der Waals surface area contributed by atoms with Gasteiger partial charge in [-0.1, -0.05) is 17.4 Å².